The molecule has 1 fully saturated rings. The van der Waals surface area contributed by atoms with E-state index in [0.29, 0.717) is 6.04 Å². The van der Waals surface area contributed by atoms with Gasteiger partial charge in [-0.25, -0.2) is 0 Å². The summed E-state index contributed by atoms with van der Waals surface area (Å²) in [6.45, 7) is 12.4. The zero-order valence-electron chi connectivity index (χ0n) is 12.8. The summed E-state index contributed by atoms with van der Waals surface area (Å²) in [5.74, 6) is 0.0901. The van der Waals surface area contributed by atoms with Gasteiger partial charge in [0.2, 0.25) is 0 Å². The molecule has 0 amide bonds. The minimum Gasteiger partial charge on any atom is -0.388 e. The third-order valence-corrected chi connectivity index (χ3v) is 4.02. The molecule has 1 N–H and O–H groups in total. The second-order valence-corrected chi connectivity index (χ2v) is 7.07. The lowest BCUT2D eigenvalue weighted by Crippen LogP contribution is -2.32. The smallest absolute Gasteiger partial charge is 0.0877 e. The van der Waals surface area contributed by atoms with E-state index in [2.05, 4.69) is 46.6 Å². The van der Waals surface area contributed by atoms with Gasteiger partial charge in [-0.05, 0) is 48.0 Å². The number of rotatable bonds is 3. The number of aliphatic hydroxyl groups excluding tert-OH is 1. The zero-order valence-corrected chi connectivity index (χ0v) is 12.8. The largest absolute Gasteiger partial charge is 0.388 e. The van der Waals surface area contributed by atoms with Crippen molar-refractivity contribution in [3.8, 4) is 0 Å². The summed E-state index contributed by atoms with van der Waals surface area (Å²) >= 11 is 0. The molecule has 4 heteroatoms. The number of aromatic nitrogens is 2. The minimum absolute atomic E-state index is 0.0901. The first-order valence-corrected chi connectivity index (χ1v) is 7.05. The number of aliphatic hydroxyl groups is 1. The molecule has 0 bridgehead atoms. The Kier molecular flexibility index (Phi) is 3.52. The molecule has 2 atom stereocenters. The van der Waals surface area contributed by atoms with Crippen molar-refractivity contribution in [2.75, 3.05) is 0 Å². The first kappa shape index (κ1) is 14.5. The SMILES string of the molecule is CC(C)n1cc(C(O)C2CC(C)(C)OC2(C)C)cn1. The van der Waals surface area contributed by atoms with Crippen LogP contribution in [0.1, 0.15) is 65.7 Å². The maximum absolute atomic E-state index is 10.6. The topological polar surface area (TPSA) is 47.3 Å². The van der Waals surface area contributed by atoms with Crippen LogP contribution in [0, 0.1) is 5.92 Å². The Hall–Kier alpha value is -0.870. The summed E-state index contributed by atoms with van der Waals surface area (Å²) in [7, 11) is 0. The van der Waals surface area contributed by atoms with Crippen molar-refractivity contribution in [2.45, 2.75) is 71.3 Å². The minimum atomic E-state index is -0.524. The lowest BCUT2D eigenvalue weighted by atomic mass is 9.81. The molecule has 0 aliphatic carbocycles. The second-order valence-electron chi connectivity index (χ2n) is 7.07. The van der Waals surface area contributed by atoms with E-state index in [1.165, 1.54) is 0 Å². The summed E-state index contributed by atoms with van der Waals surface area (Å²) in [5.41, 5.74) is 0.388. The van der Waals surface area contributed by atoms with Crippen LogP contribution in [0.2, 0.25) is 0 Å². The maximum Gasteiger partial charge on any atom is 0.0877 e. The van der Waals surface area contributed by atoms with E-state index >= 15 is 0 Å². The Bertz CT molecular complexity index is 449. The average molecular weight is 266 g/mol. The standard InChI is InChI=1S/C15H26N2O2/c1-10(2)17-9-11(8-16-17)13(18)12-7-14(3,4)19-15(12,5)6/h8-10,12-13,18H,7H2,1-6H3. The lowest BCUT2D eigenvalue weighted by molar-refractivity contribution is -0.0880. The van der Waals surface area contributed by atoms with Crippen LogP contribution in [0.4, 0.5) is 0 Å². The van der Waals surface area contributed by atoms with Crippen LogP contribution in [0.5, 0.6) is 0 Å². The molecule has 19 heavy (non-hydrogen) atoms. The van der Waals surface area contributed by atoms with Crippen molar-refractivity contribution in [3.63, 3.8) is 0 Å². The van der Waals surface area contributed by atoms with Gasteiger partial charge < -0.3 is 9.84 Å². The molecule has 1 aliphatic rings. The van der Waals surface area contributed by atoms with Crippen LogP contribution < -0.4 is 0 Å². The molecular weight excluding hydrogens is 240 g/mol. The predicted molar refractivity (Wildman–Crippen MR) is 74.9 cm³/mol. The normalized spacial score (nSPS) is 26.8. The molecule has 1 aliphatic heterocycles. The zero-order chi connectivity index (χ0) is 14.4. The summed E-state index contributed by atoms with van der Waals surface area (Å²) < 4.78 is 7.94. The molecule has 0 spiro atoms. The van der Waals surface area contributed by atoms with Gasteiger partial charge in [-0.3, -0.25) is 4.68 Å². The number of hydrogen-bond donors (Lipinski definition) is 1. The highest BCUT2D eigenvalue weighted by Crippen LogP contribution is 2.47. The highest BCUT2D eigenvalue weighted by Gasteiger charge is 2.49. The summed E-state index contributed by atoms with van der Waals surface area (Å²) in [6.07, 6.45) is 4.04. The van der Waals surface area contributed by atoms with E-state index in [1.54, 1.807) is 6.20 Å². The van der Waals surface area contributed by atoms with Gasteiger partial charge in [0.25, 0.3) is 0 Å². The molecule has 2 rings (SSSR count). The van der Waals surface area contributed by atoms with E-state index in [1.807, 2.05) is 10.9 Å². The van der Waals surface area contributed by atoms with Gasteiger partial charge in [0.15, 0.2) is 0 Å². The first-order valence-electron chi connectivity index (χ1n) is 7.05. The molecule has 2 heterocycles. The molecule has 0 radical (unpaired) electrons. The molecule has 1 aromatic heterocycles. The van der Waals surface area contributed by atoms with E-state index in [-0.39, 0.29) is 17.1 Å². The predicted octanol–water partition coefficient (Wildman–Crippen LogP) is 3.09. The molecule has 108 valence electrons. The second kappa shape index (κ2) is 4.60. The number of nitrogens with zero attached hydrogens (tertiary/aromatic N) is 2. The van der Waals surface area contributed by atoms with Gasteiger partial charge in [-0.2, -0.15) is 5.10 Å². The van der Waals surface area contributed by atoms with Gasteiger partial charge in [-0.15, -0.1) is 0 Å². The van der Waals surface area contributed by atoms with Crippen molar-refractivity contribution in [2.24, 2.45) is 5.92 Å². The van der Waals surface area contributed by atoms with Gasteiger partial charge in [-0.1, -0.05) is 0 Å². The number of ether oxygens (including phenoxy) is 1. The van der Waals surface area contributed by atoms with Gasteiger partial charge in [0, 0.05) is 23.7 Å². The van der Waals surface area contributed by atoms with Crippen LogP contribution in [0.25, 0.3) is 0 Å². The van der Waals surface area contributed by atoms with Gasteiger partial charge in [0.1, 0.15) is 0 Å². The Morgan fingerprint density at radius 1 is 1.37 bits per heavy atom. The van der Waals surface area contributed by atoms with E-state index in [9.17, 15) is 5.11 Å². The quantitative estimate of drug-likeness (QED) is 0.914. The Morgan fingerprint density at radius 2 is 2.00 bits per heavy atom. The number of hydrogen-bond acceptors (Lipinski definition) is 3. The highest BCUT2D eigenvalue weighted by molar-refractivity contribution is 5.13. The molecular formula is C15H26N2O2. The maximum atomic E-state index is 10.6. The molecule has 4 nitrogen and oxygen atoms in total. The third-order valence-electron chi connectivity index (χ3n) is 4.02. The van der Waals surface area contributed by atoms with Crippen molar-refractivity contribution < 1.29 is 9.84 Å². The fraction of sp³-hybridized carbons (Fsp3) is 0.800. The van der Waals surface area contributed by atoms with Gasteiger partial charge >= 0.3 is 0 Å². The van der Waals surface area contributed by atoms with Crippen molar-refractivity contribution >= 4 is 0 Å². The Morgan fingerprint density at radius 3 is 2.42 bits per heavy atom. The van der Waals surface area contributed by atoms with Crippen LogP contribution in [0.15, 0.2) is 12.4 Å². The van der Waals surface area contributed by atoms with Crippen molar-refractivity contribution in [1.82, 2.24) is 9.78 Å². The monoisotopic (exact) mass is 266 g/mol. The summed E-state index contributed by atoms with van der Waals surface area (Å²) in [5, 5.41) is 15.0. The fourth-order valence-electron chi connectivity index (χ4n) is 3.12. The molecule has 1 saturated heterocycles. The van der Waals surface area contributed by atoms with Crippen molar-refractivity contribution in [1.29, 1.82) is 0 Å². The Balaban J connectivity index is 2.21. The third kappa shape index (κ3) is 2.84. The van der Waals surface area contributed by atoms with Crippen LogP contribution >= 0.6 is 0 Å². The summed E-state index contributed by atoms with van der Waals surface area (Å²) in [4.78, 5) is 0. The van der Waals surface area contributed by atoms with E-state index < -0.39 is 6.10 Å². The molecule has 0 saturated carbocycles. The molecule has 0 aromatic carbocycles. The first-order chi connectivity index (χ1) is 8.62. The molecule has 2 unspecified atom stereocenters. The van der Waals surface area contributed by atoms with Crippen LogP contribution in [-0.4, -0.2) is 26.1 Å². The molecule has 1 aromatic rings. The van der Waals surface area contributed by atoms with E-state index in [0.717, 1.165) is 12.0 Å². The Labute approximate surface area is 115 Å². The summed E-state index contributed by atoms with van der Waals surface area (Å²) in [6, 6.07) is 0.310. The van der Waals surface area contributed by atoms with Gasteiger partial charge in [0.05, 0.1) is 23.5 Å². The fourth-order valence-corrected chi connectivity index (χ4v) is 3.12. The van der Waals surface area contributed by atoms with E-state index in [4.69, 9.17) is 4.74 Å². The lowest BCUT2D eigenvalue weighted by Gasteiger charge is -2.29. The van der Waals surface area contributed by atoms with Crippen LogP contribution in [-0.2, 0) is 4.74 Å². The van der Waals surface area contributed by atoms with Crippen molar-refractivity contribution in [3.05, 3.63) is 18.0 Å². The highest BCUT2D eigenvalue weighted by atomic mass is 16.5. The average Bonchev–Trinajstić information content (AvgIpc) is 2.79. The van der Waals surface area contributed by atoms with Crippen LogP contribution in [0.3, 0.4) is 0 Å².